The second-order valence-electron chi connectivity index (χ2n) is 12.6. The summed E-state index contributed by atoms with van der Waals surface area (Å²) in [6, 6.07) is 14.4. The lowest BCUT2D eigenvalue weighted by molar-refractivity contribution is -0.125. The van der Waals surface area contributed by atoms with Crippen LogP contribution >= 0.6 is 0 Å². The zero-order valence-corrected chi connectivity index (χ0v) is 25.4. The van der Waals surface area contributed by atoms with Crippen LogP contribution in [0.25, 0.3) is 17.0 Å². The van der Waals surface area contributed by atoms with Gasteiger partial charge in [0.05, 0.1) is 18.7 Å². The molecule has 8 rings (SSSR count). The van der Waals surface area contributed by atoms with Gasteiger partial charge in [0.15, 0.2) is 11.5 Å². The lowest BCUT2D eigenvalue weighted by Crippen LogP contribution is -2.74. The van der Waals surface area contributed by atoms with Crippen molar-refractivity contribution >= 4 is 32.9 Å². The first-order chi connectivity index (χ1) is 21.3. The quantitative estimate of drug-likeness (QED) is 0.309. The number of amides is 1. The number of benzene rings is 2. The number of para-hydroxylation sites is 1. The summed E-state index contributed by atoms with van der Waals surface area (Å²) in [5.74, 6) is 1.22. The van der Waals surface area contributed by atoms with Crippen LogP contribution in [0.1, 0.15) is 42.9 Å². The van der Waals surface area contributed by atoms with Crippen molar-refractivity contribution < 1.29 is 22.7 Å². The van der Waals surface area contributed by atoms with E-state index in [1.165, 1.54) is 0 Å². The maximum absolute atomic E-state index is 14.6. The summed E-state index contributed by atoms with van der Waals surface area (Å²) >= 11 is 0. The van der Waals surface area contributed by atoms with E-state index in [9.17, 15) is 13.2 Å². The number of piperidine rings is 1. The molecule has 4 aliphatic rings. The molecule has 2 aliphatic heterocycles. The number of rotatable bonds is 6. The summed E-state index contributed by atoms with van der Waals surface area (Å²) in [6.07, 6.45) is 10.8. The molecule has 9 nitrogen and oxygen atoms in total. The van der Waals surface area contributed by atoms with Crippen molar-refractivity contribution in [2.45, 2.75) is 61.1 Å². The SMILES string of the molecule is COc1ccc2c3c1O[C@H]1[C@H](NC(=O)/C=C/c4cc[nH]c4)CC[C@@]4(C)[C@@H](C2)N(S(=O)(=O)c2cccc5cccnc25)CC[C@]314. The van der Waals surface area contributed by atoms with E-state index < -0.39 is 20.9 Å². The van der Waals surface area contributed by atoms with Crippen molar-refractivity contribution in [2.75, 3.05) is 13.7 Å². The molecule has 0 unspecified atom stereocenters. The van der Waals surface area contributed by atoms with Crippen LogP contribution in [0, 0.1) is 5.41 Å². The molecule has 44 heavy (non-hydrogen) atoms. The Morgan fingerprint density at radius 3 is 2.86 bits per heavy atom. The van der Waals surface area contributed by atoms with Gasteiger partial charge < -0.3 is 19.8 Å². The number of carbonyl (C=O) groups excluding carboxylic acids is 1. The number of pyridine rings is 1. The third kappa shape index (κ3) is 3.64. The number of fused-ring (bicyclic) bond motifs is 1. The van der Waals surface area contributed by atoms with E-state index >= 15 is 0 Å². The lowest BCUT2D eigenvalue weighted by Gasteiger charge is -2.65. The lowest BCUT2D eigenvalue weighted by atomic mass is 9.44. The predicted molar refractivity (Wildman–Crippen MR) is 166 cm³/mol. The normalized spacial score (nSPS) is 28.9. The fraction of sp³-hybridized carbons (Fsp3) is 0.353. The van der Waals surface area contributed by atoms with Crippen LogP contribution in [0.15, 0.2) is 78.1 Å². The van der Waals surface area contributed by atoms with Gasteiger partial charge in [0.2, 0.25) is 15.9 Å². The highest BCUT2D eigenvalue weighted by atomic mass is 32.2. The van der Waals surface area contributed by atoms with Gasteiger partial charge in [0, 0.05) is 53.6 Å². The maximum atomic E-state index is 14.6. The number of aromatic nitrogens is 2. The zero-order chi connectivity index (χ0) is 30.3. The molecule has 2 fully saturated rings. The number of nitrogens with one attached hydrogen (secondary N) is 2. The predicted octanol–water partition coefficient (Wildman–Crippen LogP) is 4.59. The first-order valence-corrected chi connectivity index (χ1v) is 16.6. The van der Waals surface area contributed by atoms with E-state index in [4.69, 9.17) is 9.47 Å². The monoisotopic (exact) mass is 610 g/mol. The third-order valence-electron chi connectivity index (χ3n) is 10.7. The van der Waals surface area contributed by atoms with E-state index in [2.05, 4.69) is 28.3 Å². The summed E-state index contributed by atoms with van der Waals surface area (Å²) in [6.45, 7) is 2.58. The van der Waals surface area contributed by atoms with Gasteiger partial charge in [-0.3, -0.25) is 9.78 Å². The van der Waals surface area contributed by atoms with E-state index in [-0.39, 0.29) is 29.0 Å². The Morgan fingerprint density at radius 2 is 2.05 bits per heavy atom. The molecular weight excluding hydrogens is 576 g/mol. The number of hydrogen-bond acceptors (Lipinski definition) is 6. The number of methoxy groups -OCH3 is 1. The molecule has 1 saturated carbocycles. The van der Waals surface area contributed by atoms with E-state index in [0.29, 0.717) is 37.1 Å². The molecule has 2 aromatic heterocycles. The minimum atomic E-state index is -3.88. The van der Waals surface area contributed by atoms with Crippen LogP contribution in [0.4, 0.5) is 0 Å². The Balaban J connectivity index is 1.21. The van der Waals surface area contributed by atoms with E-state index in [0.717, 1.165) is 34.2 Å². The van der Waals surface area contributed by atoms with Crippen LogP contribution in [0.2, 0.25) is 0 Å². The summed E-state index contributed by atoms with van der Waals surface area (Å²) in [5.41, 5.74) is 2.70. The highest BCUT2D eigenvalue weighted by Gasteiger charge is 2.72. The number of carbonyl (C=O) groups is 1. The average molecular weight is 611 g/mol. The molecule has 2 aromatic carbocycles. The van der Waals surface area contributed by atoms with Crippen LogP contribution in [0.5, 0.6) is 11.5 Å². The average Bonchev–Trinajstić information content (AvgIpc) is 3.67. The van der Waals surface area contributed by atoms with Crippen molar-refractivity contribution in [1.82, 2.24) is 19.6 Å². The Bertz CT molecular complexity index is 1930. The molecule has 1 spiro atoms. The molecular formula is C34H34N4O5S. The number of sulfonamides is 1. The molecule has 2 N–H and O–H groups in total. The minimum absolute atomic E-state index is 0.182. The van der Waals surface area contributed by atoms with Gasteiger partial charge in [0.25, 0.3) is 0 Å². The van der Waals surface area contributed by atoms with Crippen molar-refractivity contribution in [1.29, 1.82) is 0 Å². The van der Waals surface area contributed by atoms with E-state index in [1.54, 1.807) is 41.9 Å². The van der Waals surface area contributed by atoms with Gasteiger partial charge in [0.1, 0.15) is 11.0 Å². The molecule has 2 bridgehead atoms. The Kier molecular flexibility index (Phi) is 6.02. The molecule has 10 heteroatoms. The maximum Gasteiger partial charge on any atom is 0.245 e. The van der Waals surface area contributed by atoms with Gasteiger partial charge in [-0.25, -0.2) is 8.42 Å². The Labute approximate surface area is 256 Å². The zero-order valence-electron chi connectivity index (χ0n) is 24.6. The topological polar surface area (TPSA) is 114 Å². The van der Waals surface area contributed by atoms with Gasteiger partial charge in [-0.15, -0.1) is 0 Å². The van der Waals surface area contributed by atoms with Crippen molar-refractivity contribution in [3.63, 3.8) is 0 Å². The van der Waals surface area contributed by atoms with Gasteiger partial charge >= 0.3 is 0 Å². The number of nitrogens with zero attached hydrogens (tertiary/aromatic N) is 2. The fourth-order valence-electron chi connectivity index (χ4n) is 8.78. The smallest absolute Gasteiger partial charge is 0.245 e. The summed E-state index contributed by atoms with van der Waals surface area (Å²) in [5, 5.41) is 4.05. The van der Waals surface area contributed by atoms with Gasteiger partial charge in [-0.05, 0) is 72.6 Å². The molecule has 1 amide bonds. The van der Waals surface area contributed by atoms with Crippen LogP contribution < -0.4 is 14.8 Å². The molecule has 4 aromatic rings. The first kappa shape index (κ1) is 27.4. The highest BCUT2D eigenvalue weighted by molar-refractivity contribution is 7.89. The Hall–Kier alpha value is -4.15. The molecule has 0 radical (unpaired) electrons. The molecule has 1 saturated heterocycles. The number of aromatic amines is 1. The number of ether oxygens (including phenoxy) is 2. The van der Waals surface area contributed by atoms with Crippen LogP contribution in [-0.4, -0.2) is 60.4 Å². The van der Waals surface area contributed by atoms with E-state index in [1.807, 2.05) is 42.7 Å². The molecule has 226 valence electrons. The standard InChI is InChI=1S/C34H34N4O5S/c1-33-14-12-24(37-28(39)11-8-21-13-17-35-20-21)32-34(33)15-18-38(27(33)19-23-9-10-25(42-2)31(43-32)29(23)34)44(40,41)26-7-3-5-22-6-4-16-36-30(22)26/h3-11,13,16-17,20,24,27,32,35H,12,14-15,18-19H2,1-2H3,(H,37,39)/b11-8+/t24-,27-,32+,33+,34+/m1/s1. The second-order valence-corrected chi connectivity index (χ2v) is 14.5. The fourth-order valence-corrected chi connectivity index (χ4v) is 10.7. The number of H-pyrrole nitrogens is 1. The van der Waals surface area contributed by atoms with Crippen molar-refractivity contribution in [3.05, 3.63) is 89.9 Å². The van der Waals surface area contributed by atoms with Crippen LogP contribution in [0.3, 0.4) is 0 Å². The van der Waals surface area contributed by atoms with Crippen molar-refractivity contribution in [3.8, 4) is 11.5 Å². The first-order valence-electron chi connectivity index (χ1n) is 15.1. The second kappa shape index (κ2) is 9.67. The molecule has 5 atom stereocenters. The third-order valence-corrected chi connectivity index (χ3v) is 12.7. The summed E-state index contributed by atoms with van der Waals surface area (Å²) < 4.78 is 43.5. The summed E-state index contributed by atoms with van der Waals surface area (Å²) in [7, 11) is -2.24. The highest BCUT2D eigenvalue weighted by Crippen LogP contribution is 2.69. The molecule has 4 heterocycles. The van der Waals surface area contributed by atoms with Gasteiger partial charge in [-0.2, -0.15) is 4.31 Å². The number of hydrogen-bond donors (Lipinski definition) is 2. The van der Waals surface area contributed by atoms with Crippen molar-refractivity contribution in [2.24, 2.45) is 5.41 Å². The largest absolute Gasteiger partial charge is 0.493 e. The summed E-state index contributed by atoms with van der Waals surface area (Å²) in [4.78, 5) is 20.9. The molecule has 2 aliphatic carbocycles. The van der Waals surface area contributed by atoms with Crippen LogP contribution in [-0.2, 0) is 26.7 Å². The minimum Gasteiger partial charge on any atom is -0.493 e. The van der Waals surface area contributed by atoms with Gasteiger partial charge in [-0.1, -0.05) is 31.2 Å². The Morgan fingerprint density at radius 1 is 1.18 bits per heavy atom.